The summed E-state index contributed by atoms with van der Waals surface area (Å²) in [5.41, 5.74) is 2.36. The third kappa shape index (κ3) is 6.23. The normalized spacial score (nSPS) is 18.6. The summed E-state index contributed by atoms with van der Waals surface area (Å²) in [6, 6.07) is 26.3. The van der Waals surface area contributed by atoms with Crippen molar-refractivity contribution < 1.29 is 14.3 Å². The van der Waals surface area contributed by atoms with Crippen LogP contribution in [0.3, 0.4) is 0 Å². The van der Waals surface area contributed by atoms with Gasteiger partial charge in [-0.2, -0.15) is 0 Å². The maximum absolute atomic E-state index is 12.8. The van der Waals surface area contributed by atoms with Crippen LogP contribution < -0.4 is 14.8 Å². The Balaban J connectivity index is 1.04. The highest BCUT2D eigenvalue weighted by molar-refractivity contribution is 5.84. The number of likely N-dealkylation sites (tertiary alicyclic amines) is 1. The summed E-state index contributed by atoms with van der Waals surface area (Å²) < 4.78 is 12.0. The smallest absolute Gasteiger partial charge is 0.173 e. The average Bonchev–Trinajstić information content (AvgIpc) is 3.13. The van der Waals surface area contributed by atoms with Gasteiger partial charge in [0.05, 0.1) is 5.69 Å². The number of benzene rings is 3. The van der Waals surface area contributed by atoms with E-state index < -0.39 is 0 Å². The second kappa shape index (κ2) is 11.4. The van der Waals surface area contributed by atoms with Gasteiger partial charge in [-0.3, -0.25) is 4.79 Å². The fourth-order valence-corrected chi connectivity index (χ4v) is 5.05. The first-order valence-electron chi connectivity index (χ1n) is 12.8. The molecule has 5 heteroatoms. The molecule has 2 aliphatic rings. The maximum atomic E-state index is 12.8. The first-order valence-corrected chi connectivity index (χ1v) is 12.8. The van der Waals surface area contributed by atoms with Crippen LogP contribution in [0.25, 0.3) is 0 Å². The molecule has 1 atom stereocenters. The summed E-state index contributed by atoms with van der Waals surface area (Å²) in [6.07, 6.45) is 4.15. The van der Waals surface area contributed by atoms with Gasteiger partial charge in [-0.25, -0.2) is 0 Å². The first kappa shape index (κ1) is 23.4. The first-order chi connectivity index (χ1) is 17.2. The SMILES string of the molecule is O=C(CCCN1CCC(c2ccc(Oc3ccccc3)cc2)CC1)C1CCNc2ccccc2O1. The van der Waals surface area contributed by atoms with Gasteiger partial charge in [0, 0.05) is 19.4 Å². The number of carbonyl (C=O) groups is 1. The van der Waals surface area contributed by atoms with Crippen molar-refractivity contribution in [3.63, 3.8) is 0 Å². The Kier molecular flexibility index (Phi) is 7.64. The molecule has 3 aromatic carbocycles. The Morgan fingerprint density at radius 3 is 2.40 bits per heavy atom. The molecule has 0 aromatic heterocycles. The van der Waals surface area contributed by atoms with E-state index in [4.69, 9.17) is 9.47 Å². The lowest BCUT2D eigenvalue weighted by molar-refractivity contribution is -0.126. The molecule has 0 saturated carbocycles. The number of hydrogen-bond acceptors (Lipinski definition) is 5. The molecule has 0 bridgehead atoms. The van der Waals surface area contributed by atoms with Gasteiger partial charge in [0.2, 0.25) is 0 Å². The van der Waals surface area contributed by atoms with E-state index in [9.17, 15) is 4.79 Å². The molecular formula is C30H34N2O3. The Morgan fingerprint density at radius 2 is 1.60 bits per heavy atom. The molecule has 5 rings (SSSR count). The van der Waals surface area contributed by atoms with Crippen LogP contribution in [0.5, 0.6) is 17.2 Å². The number of ketones is 1. The number of nitrogens with zero attached hydrogens (tertiary/aromatic N) is 1. The molecule has 35 heavy (non-hydrogen) atoms. The van der Waals surface area contributed by atoms with Crippen LogP contribution in [0.4, 0.5) is 5.69 Å². The van der Waals surface area contributed by atoms with Gasteiger partial charge < -0.3 is 19.7 Å². The Morgan fingerprint density at radius 1 is 0.886 bits per heavy atom. The summed E-state index contributed by atoms with van der Waals surface area (Å²) in [4.78, 5) is 15.3. The number of piperidine rings is 1. The fraction of sp³-hybridized carbons (Fsp3) is 0.367. The predicted octanol–water partition coefficient (Wildman–Crippen LogP) is 6.27. The van der Waals surface area contributed by atoms with Gasteiger partial charge >= 0.3 is 0 Å². The highest BCUT2D eigenvalue weighted by Gasteiger charge is 2.25. The lowest BCUT2D eigenvalue weighted by Gasteiger charge is -2.32. The molecule has 1 saturated heterocycles. The summed E-state index contributed by atoms with van der Waals surface area (Å²) in [7, 11) is 0. The number of para-hydroxylation sites is 3. The minimum absolute atomic E-state index is 0.219. The van der Waals surface area contributed by atoms with Crippen molar-refractivity contribution in [2.75, 3.05) is 31.5 Å². The van der Waals surface area contributed by atoms with Crippen molar-refractivity contribution in [3.8, 4) is 17.2 Å². The minimum atomic E-state index is -0.342. The largest absolute Gasteiger partial charge is 0.480 e. The Labute approximate surface area is 208 Å². The van der Waals surface area contributed by atoms with Crippen molar-refractivity contribution in [1.82, 2.24) is 4.90 Å². The third-order valence-electron chi connectivity index (χ3n) is 7.05. The monoisotopic (exact) mass is 470 g/mol. The third-order valence-corrected chi connectivity index (χ3v) is 7.05. The number of ether oxygens (including phenoxy) is 2. The molecule has 1 unspecified atom stereocenters. The topological polar surface area (TPSA) is 50.8 Å². The second-order valence-electron chi connectivity index (χ2n) is 9.49. The van der Waals surface area contributed by atoms with E-state index in [0.717, 1.165) is 68.4 Å². The molecule has 5 nitrogen and oxygen atoms in total. The molecule has 0 radical (unpaired) electrons. The number of rotatable bonds is 8. The number of nitrogens with one attached hydrogen (secondary N) is 1. The Bertz CT molecular complexity index is 1090. The molecule has 0 amide bonds. The molecule has 1 fully saturated rings. The molecule has 0 spiro atoms. The number of fused-ring (bicyclic) bond motifs is 1. The zero-order valence-electron chi connectivity index (χ0n) is 20.2. The molecule has 2 aliphatic heterocycles. The number of Topliss-reactive ketones (excluding diaryl/α,β-unsaturated/α-hetero) is 1. The fourth-order valence-electron chi connectivity index (χ4n) is 5.05. The van der Waals surface area contributed by atoms with E-state index in [1.807, 2.05) is 54.6 Å². The van der Waals surface area contributed by atoms with Crippen molar-refractivity contribution in [3.05, 3.63) is 84.4 Å². The van der Waals surface area contributed by atoms with Crippen LogP contribution in [0.15, 0.2) is 78.9 Å². The molecule has 0 aliphatic carbocycles. The molecular weight excluding hydrogens is 436 g/mol. The van der Waals surface area contributed by atoms with Gasteiger partial charge in [-0.05, 0) is 86.8 Å². The quantitative estimate of drug-likeness (QED) is 0.420. The van der Waals surface area contributed by atoms with E-state index in [2.05, 4.69) is 34.5 Å². The van der Waals surface area contributed by atoms with Gasteiger partial charge in [-0.1, -0.05) is 42.5 Å². The van der Waals surface area contributed by atoms with E-state index in [-0.39, 0.29) is 11.9 Å². The van der Waals surface area contributed by atoms with Gasteiger partial charge in [0.15, 0.2) is 11.9 Å². The standard InChI is InChI=1S/C30H34N2O3/c33-28(30-16-19-31-27-9-4-5-11-29(27)35-30)10-6-20-32-21-17-24(18-22-32)23-12-14-26(15-13-23)34-25-7-2-1-3-8-25/h1-5,7-9,11-15,24,30-31H,6,10,16-22H2. The van der Waals surface area contributed by atoms with E-state index in [0.29, 0.717) is 18.8 Å². The molecule has 182 valence electrons. The summed E-state index contributed by atoms with van der Waals surface area (Å²) >= 11 is 0. The highest BCUT2D eigenvalue weighted by Crippen LogP contribution is 2.31. The summed E-state index contributed by atoms with van der Waals surface area (Å²) in [6.45, 7) is 3.90. The molecule has 2 heterocycles. The zero-order valence-corrected chi connectivity index (χ0v) is 20.2. The predicted molar refractivity (Wildman–Crippen MR) is 140 cm³/mol. The van der Waals surface area contributed by atoms with Gasteiger partial charge in [0.1, 0.15) is 17.2 Å². The van der Waals surface area contributed by atoms with Crippen LogP contribution in [0, 0.1) is 0 Å². The maximum Gasteiger partial charge on any atom is 0.173 e. The van der Waals surface area contributed by atoms with Crippen LogP contribution in [0.1, 0.15) is 43.6 Å². The van der Waals surface area contributed by atoms with Crippen molar-refractivity contribution in [2.45, 2.75) is 44.1 Å². The Hall–Kier alpha value is -3.31. The van der Waals surface area contributed by atoms with Gasteiger partial charge in [-0.15, -0.1) is 0 Å². The lowest BCUT2D eigenvalue weighted by atomic mass is 9.89. The van der Waals surface area contributed by atoms with Crippen molar-refractivity contribution in [2.24, 2.45) is 0 Å². The summed E-state index contributed by atoms with van der Waals surface area (Å²) in [5.74, 6) is 3.32. The van der Waals surface area contributed by atoms with Crippen molar-refractivity contribution in [1.29, 1.82) is 0 Å². The number of carbonyl (C=O) groups excluding carboxylic acids is 1. The highest BCUT2D eigenvalue weighted by atomic mass is 16.5. The lowest BCUT2D eigenvalue weighted by Crippen LogP contribution is -2.34. The van der Waals surface area contributed by atoms with E-state index in [1.165, 1.54) is 5.56 Å². The second-order valence-corrected chi connectivity index (χ2v) is 9.49. The van der Waals surface area contributed by atoms with E-state index in [1.54, 1.807) is 0 Å². The summed E-state index contributed by atoms with van der Waals surface area (Å²) in [5, 5.41) is 3.36. The van der Waals surface area contributed by atoms with Crippen LogP contribution in [-0.4, -0.2) is 43.0 Å². The number of anilines is 1. The van der Waals surface area contributed by atoms with Crippen LogP contribution in [-0.2, 0) is 4.79 Å². The van der Waals surface area contributed by atoms with Crippen LogP contribution >= 0.6 is 0 Å². The average molecular weight is 471 g/mol. The zero-order chi connectivity index (χ0) is 23.9. The number of hydrogen-bond donors (Lipinski definition) is 1. The minimum Gasteiger partial charge on any atom is -0.480 e. The van der Waals surface area contributed by atoms with E-state index >= 15 is 0 Å². The van der Waals surface area contributed by atoms with Crippen molar-refractivity contribution >= 4 is 11.5 Å². The molecule has 1 N–H and O–H groups in total. The van der Waals surface area contributed by atoms with Crippen LogP contribution in [0.2, 0.25) is 0 Å². The molecule has 3 aromatic rings. The van der Waals surface area contributed by atoms with Gasteiger partial charge in [0.25, 0.3) is 0 Å².